The Morgan fingerprint density at radius 2 is 1.51 bits per heavy atom. The summed E-state index contributed by atoms with van der Waals surface area (Å²) in [5.41, 5.74) is 7.55. The van der Waals surface area contributed by atoms with E-state index in [4.69, 9.17) is 4.42 Å². The Morgan fingerprint density at radius 1 is 0.886 bits per heavy atom. The second-order valence-corrected chi connectivity index (χ2v) is 10.3. The zero-order chi connectivity index (χ0) is 23.4. The van der Waals surface area contributed by atoms with Crippen LogP contribution in [0.4, 0.5) is 6.01 Å². The molecule has 35 heavy (non-hydrogen) atoms. The molecule has 1 aromatic heterocycles. The van der Waals surface area contributed by atoms with Crippen LogP contribution >= 0.6 is 0 Å². The fourth-order valence-electron chi connectivity index (χ4n) is 6.66. The number of carbonyl (C=O) groups is 1. The summed E-state index contributed by atoms with van der Waals surface area (Å²) in [4.78, 5) is 19.9. The van der Waals surface area contributed by atoms with Gasteiger partial charge in [-0.3, -0.25) is 4.79 Å². The van der Waals surface area contributed by atoms with Gasteiger partial charge in [-0.2, -0.15) is 4.98 Å². The largest absolute Gasteiger partial charge is 0.423 e. The van der Waals surface area contributed by atoms with Gasteiger partial charge in [0.1, 0.15) is 5.52 Å². The maximum absolute atomic E-state index is 13.2. The number of nitrogens with one attached hydrogen (secondary N) is 1. The molecule has 4 aliphatic rings. The fourth-order valence-corrected chi connectivity index (χ4v) is 6.66. The average Bonchev–Trinajstić information content (AvgIpc) is 3.36. The van der Waals surface area contributed by atoms with E-state index in [9.17, 15) is 4.79 Å². The minimum atomic E-state index is 0.0518. The van der Waals surface area contributed by atoms with Crippen molar-refractivity contribution in [2.24, 2.45) is 11.8 Å². The Labute approximate surface area is 205 Å². The lowest BCUT2D eigenvalue weighted by molar-refractivity contribution is -0.125. The third kappa shape index (κ3) is 3.44. The van der Waals surface area contributed by atoms with Crippen molar-refractivity contribution >= 4 is 23.0 Å². The van der Waals surface area contributed by atoms with Crippen LogP contribution in [-0.2, 0) is 4.79 Å². The van der Waals surface area contributed by atoms with Gasteiger partial charge in [-0.25, -0.2) is 0 Å². The van der Waals surface area contributed by atoms with Crippen LogP contribution in [0.15, 0.2) is 77.2 Å². The lowest BCUT2D eigenvalue weighted by Gasteiger charge is -2.45. The van der Waals surface area contributed by atoms with Gasteiger partial charge in [0.25, 0.3) is 6.01 Å². The van der Waals surface area contributed by atoms with Crippen molar-refractivity contribution in [2.45, 2.75) is 31.1 Å². The highest BCUT2D eigenvalue weighted by Gasteiger charge is 2.43. The average molecular weight is 464 g/mol. The predicted molar refractivity (Wildman–Crippen MR) is 137 cm³/mol. The van der Waals surface area contributed by atoms with Crippen molar-refractivity contribution in [3.63, 3.8) is 0 Å². The topological polar surface area (TPSA) is 58.4 Å². The van der Waals surface area contributed by atoms with E-state index in [1.165, 1.54) is 22.3 Å². The summed E-state index contributed by atoms with van der Waals surface area (Å²) >= 11 is 0. The van der Waals surface area contributed by atoms with Gasteiger partial charge in [0.05, 0.1) is 0 Å². The molecule has 8 rings (SSSR count). The molecule has 1 N–H and O–H groups in total. The second kappa shape index (κ2) is 8.26. The first kappa shape index (κ1) is 20.7. The fraction of sp³-hybridized carbons (Fsp3) is 0.333. The SMILES string of the molecule is O=C(NCC1CC2c3ccccc3C1c1ccccc12)C1CCN(c2nc3ccccc3o2)CC1. The van der Waals surface area contributed by atoms with Crippen molar-refractivity contribution < 1.29 is 9.21 Å². The van der Waals surface area contributed by atoms with Gasteiger partial charge in [0, 0.05) is 37.4 Å². The maximum Gasteiger partial charge on any atom is 0.298 e. The second-order valence-electron chi connectivity index (χ2n) is 10.3. The Balaban J connectivity index is 1.01. The minimum Gasteiger partial charge on any atom is -0.423 e. The van der Waals surface area contributed by atoms with E-state index in [2.05, 4.69) is 63.7 Å². The van der Waals surface area contributed by atoms with E-state index < -0.39 is 0 Å². The summed E-state index contributed by atoms with van der Waals surface area (Å²) in [5, 5.41) is 3.35. The Morgan fingerprint density at radius 3 is 2.20 bits per heavy atom. The number of piperidine rings is 1. The molecule has 2 heterocycles. The first-order valence-electron chi connectivity index (χ1n) is 12.8. The molecule has 5 heteroatoms. The highest BCUT2D eigenvalue weighted by Crippen LogP contribution is 2.55. The van der Waals surface area contributed by atoms with Crippen LogP contribution in [0.1, 0.15) is 53.4 Å². The third-order valence-electron chi connectivity index (χ3n) is 8.38. The molecule has 2 bridgehead atoms. The zero-order valence-electron chi connectivity index (χ0n) is 19.7. The van der Waals surface area contributed by atoms with Gasteiger partial charge in [0.15, 0.2) is 5.58 Å². The predicted octanol–water partition coefficient (Wildman–Crippen LogP) is 5.46. The molecule has 1 aliphatic heterocycles. The third-order valence-corrected chi connectivity index (χ3v) is 8.38. The van der Waals surface area contributed by atoms with Gasteiger partial charge in [-0.05, 0) is 59.6 Å². The number of aromatic nitrogens is 1. The van der Waals surface area contributed by atoms with E-state index in [1.54, 1.807) is 0 Å². The van der Waals surface area contributed by atoms with Crippen LogP contribution in [0.3, 0.4) is 0 Å². The number of hydrogen-bond donors (Lipinski definition) is 1. The van der Waals surface area contributed by atoms with Gasteiger partial charge in [-0.15, -0.1) is 0 Å². The molecule has 5 nitrogen and oxygen atoms in total. The lowest BCUT2D eigenvalue weighted by atomic mass is 9.59. The molecular weight excluding hydrogens is 434 g/mol. The molecule has 1 amide bonds. The van der Waals surface area contributed by atoms with E-state index in [1.807, 2.05) is 24.3 Å². The summed E-state index contributed by atoms with van der Waals surface area (Å²) in [5.74, 6) is 1.50. The van der Waals surface area contributed by atoms with Crippen molar-refractivity contribution in [1.82, 2.24) is 10.3 Å². The van der Waals surface area contributed by atoms with Crippen molar-refractivity contribution in [3.05, 3.63) is 95.1 Å². The molecular formula is C30H29N3O2. The number of rotatable bonds is 4. The summed E-state index contributed by atoms with van der Waals surface area (Å²) in [6.07, 6.45) is 2.76. The standard InChI is InChI=1S/C30H29N3O2/c34-29(19-13-15-33(16-14-19)30-32-26-11-5-6-12-27(26)35-30)31-18-20-17-25-21-7-1-3-9-23(21)28(20)24-10-4-2-8-22(24)25/h1-12,19-20,25,28H,13-18H2,(H,31,34). The highest BCUT2D eigenvalue weighted by molar-refractivity contribution is 5.79. The summed E-state index contributed by atoms with van der Waals surface area (Å²) in [7, 11) is 0. The van der Waals surface area contributed by atoms with Crippen molar-refractivity contribution in [3.8, 4) is 0 Å². The van der Waals surface area contributed by atoms with Crippen LogP contribution in [0, 0.1) is 11.8 Å². The van der Waals surface area contributed by atoms with Gasteiger partial charge in [0.2, 0.25) is 5.91 Å². The van der Waals surface area contributed by atoms with Crippen LogP contribution in [0.25, 0.3) is 11.1 Å². The van der Waals surface area contributed by atoms with Crippen LogP contribution < -0.4 is 10.2 Å². The molecule has 1 atom stereocenters. The van der Waals surface area contributed by atoms with Gasteiger partial charge < -0.3 is 14.6 Å². The van der Waals surface area contributed by atoms with E-state index >= 15 is 0 Å². The molecule has 1 saturated heterocycles. The number of oxazole rings is 1. The number of carbonyl (C=O) groups excluding carboxylic acids is 1. The maximum atomic E-state index is 13.2. The van der Waals surface area contributed by atoms with Gasteiger partial charge in [-0.1, -0.05) is 60.7 Å². The first-order valence-corrected chi connectivity index (χ1v) is 12.8. The van der Waals surface area contributed by atoms with Crippen molar-refractivity contribution in [1.29, 1.82) is 0 Å². The molecule has 0 spiro atoms. The Bertz CT molecular complexity index is 1320. The zero-order valence-corrected chi connectivity index (χ0v) is 19.7. The van der Waals surface area contributed by atoms with Crippen LogP contribution in [0.2, 0.25) is 0 Å². The first-order chi connectivity index (χ1) is 17.3. The minimum absolute atomic E-state index is 0.0518. The quantitative estimate of drug-likeness (QED) is 0.437. The number of para-hydroxylation sites is 2. The number of amides is 1. The van der Waals surface area contributed by atoms with E-state index in [-0.39, 0.29) is 11.8 Å². The number of hydrogen-bond acceptors (Lipinski definition) is 4. The normalized spacial score (nSPS) is 23.2. The molecule has 0 radical (unpaired) electrons. The molecule has 1 unspecified atom stereocenters. The highest BCUT2D eigenvalue weighted by atomic mass is 16.4. The van der Waals surface area contributed by atoms with E-state index in [0.717, 1.165) is 50.0 Å². The van der Waals surface area contributed by atoms with Crippen LogP contribution in [-0.4, -0.2) is 30.5 Å². The van der Waals surface area contributed by atoms with Crippen molar-refractivity contribution in [2.75, 3.05) is 24.5 Å². The number of fused-ring (bicyclic) bond motifs is 2. The summed E-state index contributed by atoms with van der Waals surface area (Å²) < 4.78 is 5.93. The van der Waals surface area contributed by atoms with E-state index in [0.29, 0.717) is 23.8 Å². The monoisotopic (exact) mass is 463 g/mol. The van der Waals surface area contributed by atoms with Crippen LogP contribution in [0.5, 0.6) is 0 Å². The summed E-state index contributed by atoms with van der Waals surface area (Å²) in [6.45, 7) is 2.33. The smallest absolute Gasteiger partial charge is 0.298 e. The number of nitrogens with zero attached hydrogens (tertiary/aromatic N) is 2. The number of anilines is 1. The molecule has 1 fully saturated rings. The number of benzene rings is 3. The molecule has 3 aliphatic carbocycles. The lowest BCUT2D eigenvalue weighted by Crippen LogP contribution is -2.44. The Hall–Kier alpha value is -3.60. The molecule has 0 saturated carbocycles. The molecule has 176 valence electrons. The molecule has 4 aromatic rings. The Kier molecular flexibility index (Phi) is 4.90. The summed E-state index contributed by atoms with van der Waals surface area (Å²) in [6, 6.07) is 26.3. The van der Waals surface area contributed by atoms with Gasteiger partial charge >= 0.3 is 0 Å². The molecule has 3 aromatic carbocycles.